The normalized spacial score (nSPS) is 28.7. The van der Waals surface area contributed by atoms with Gasteiger partial charge in [-0.2, -0.15) is 8.42 Å². The molecule has 0 bridgehead atoms. The van der Waals surface area contributed by atoms with Crippen LogP contribution in [0, 0.1) is 0 Å². The van der Waals surface area contributed by atoms with Crippen LogP contribution in [0.25, 0.3) is 0 Å². The van der Waals surface area contributed by atoms with Crippen molar-refractivity contribution < 1.29 is 17.0 Å². The first-order chi connectivity index (χ1) is 5.79. The molecule has 0 radical (unpaired) electrons. The lowest BCUT2D eigenvalue weighted by Crippen LogP contribution is -2.52. The van der Waals surface area contributed by atoms with E-state index in [1.165, 1.54) is 0 Å². The van der Waals surface area contributed by atoms with Crippen molar-refractivity contribution in [1.82, 2.24) is 5.32 Å². The third-order valence-corrected chi connectivity index (χ3v) is 2.56. The molecule has 0 aromatic rings. The minimum absolute atomic E-state index is 0.382. The Balaban J connectivity index is 2.53. The predicted molar refractivity (Wildman–Crippen MR) is 46.7 cm³/mol. The summed E-state index contributed by atoms with van der Waals surface area (Å²) >= 11 is 0. The zero-order valence-electron chi connectivity index (χ0n) is 7.71. The average Bonchev–Trinajstić information content (AvgIpc) is 1.79. The maximum atomic E-state index is 12.3. The fraction of sp³-hybridized carbons (Fsp3) is 1.00. The molecule has 6 heteroatoms. The van der Waals surface area contributed by atoms with E-state index in [0.717, 1.165) is 0 Å². The molecule has 78 valence electrons. The molecule has 0 aliphatic carbocycles. The lowest BCUT2D eigenvalue weighted by molar-refractivity contribution is -0.0840. The summed E-state index contributed by atoms with van der Waals surface area (Å²) in [6.07, 6.45) is -0.584. The molecule has 1 aliphatic heterocycles. The van der Waals surface area contributed by atoms with Gasteiger partial charge < -0.3 is 10.1 Å². The van der Waals surface area contributed by atoms with Crippen molar-refractivity contribution >= 4 is 10.2 Å². The zero-order chi connectivity index (χ0) is 10.1. The molecule has 1 aliphatic rings. The van der Waals surface area contributed by atoms with Crippen LogP contribution in [0.15, 0.2) is 0 Å². The fourth-order valence-corrected chi connectivity index (χ4v) is 2.01. The van der Waals surface area contributed by atoms with Crippen LogP contribution in [0.3, 0.4) is 0 Å². The maximum absolute atomic E-state index is 12.3. The summed E-state index contributed by atoms with van der Waals surface area (Å²) in [5, 5.41) is 2.99. The highest BCUT2D eigenvalue weighted by Crippen LogP contribution is 2.16. The van der Waals surface area contributed by atoms with Gasteiger partial charge in [-0.1, -0.05) is 0 Å². The second-order valence-electron chi connectivity index (χ2n) is 3.84. The van der Waals surface area contributed by atoms with E-state index in [-0.39, 0.29) is 0 Å². The van der Waals surface area contributed by atoms with Gasteiger partial charge in [0.1, 0.15) is 5.75 Å². The lowest BCUT2D eigenvalue weighted by atomic mass is 10.1. The summed E-state index contributed by atoms with van der Waals surface area (Å²) in [7, 11) is -4.44. The van der Waals surface area contributed by atoms with E-state index in [1.54, 1.807) is 0 Å². The van der Waals surface area contributed by atoms with Gasteiger partial charge in [0.15, 0.2) is 0 Å². The summed E-state index contributed by atoms with van der Waals surface area (Å²) in [6, 6.07) is 0. The van der Waals surface area contributed by atoms with E-state index in [4.69, 9.17) is 4.74 Å². The Labute approximate surface area is 77.7 Å². The van der Waals surface area contributed by atoms with Gasteiger partial charge >= 0.3 is 10.2 Å². The first-order valence-electron chi connectivity index (χ1n) is 4.09. The van der Waals surface area contributed by atoms with E-state index in [0.29, 0.717) is 13.1 Å². The Morgan fingerprint density at radius 1 is 1.62 bits per heavy atom. The Morgan fingerprint density at radius 2 is 2.23 bits per heavy atom. The van der Waals surface area contributed by atoms with Crippen molar-refractivity contribution in [2.45, 2.75) is 25.6 Å². The summed E-state index contributed by atoms with van der Waals surface area (Å²) in [6.45, 7) is 4.69. The van der Waals surface area contributed by atoms with Crippen molar-refractivity contribution in [3.63, 3.8) is 0 Å². The summed E-state index contributed by atoms with van der Waals surface area (Å²) in [5.74, 6) is -0.566. The van der Waals surface area contributed by atoms with Crippen LogP contribution in [-0.4, -0.2) is 39.0 Å². The van der Waals surface area contributed by atoms with Crippen LogP contribution in [0.4, 0.5) is 3.89 Å². The third-order valence-electron chi connectivity index (χ3n) is 1.79. The van der Waals surface area contributed by atoms with E-state index >= 15 is 0 Å². The number of hydrogen-bond donors (Lipinski definition) is 1. The first kappa shape index (κ1) is 10.9. The molecule has 1 N–H and O–H groups in total. The molecule has 1 heterocycles. The van der Waals surface area contributed by atoms with E-state index in [1.807, 2.05) is 13.8 Å². The largest absolute Gasteiger partial charge is 0.369 e. The molecule has 0 aromatic carbocycles. The molecular formula is C7H14FNO3S. The predicted octanol–water partition coefficient (Wildman–Crippen LogP) is 0.0527. The second kappa shape index (κ2) is 3.51. The molecule has 1 rings (SSSR count). The van der Waals surface area contributed by atoms with Crippen LogP contribution in [-0.2, 0) is 15.0 Å². The molecule has 0 amide bonds. The molecule has 1 fully saturated rings. The maximum Gasteiger partial charge on any atom is 0.305 e. The highest BCUT2D eigenvalue weighted by molar-refractivity contribution is 7.86. The second-order valence-corrected chi connectivity index (χ2v) is 5.25. The SMILES string of the molecule is CC1(C)CNCC(CS(=O)(=O)F)O1. The molecule has 1 saturated heterocycles. The minimum atomic E-state index is -4.44. The van der Waals surface area contributed by atoms with Gasteiger partial charge in [0, 0.05) is 13.1 Å². The lowest BCUT2D eigenvalue weighted by Gasteiger charge is -2.35. The molecule has 0 aromatic heterocycles. The Morgan fingerprint density at radius 3 is 2.69 bits per heavy atom. The minimum Gasteiger partial charge on any atom is -0.369 e. The van der Waals surface area contributed by atoms with Gasteiger partial charge in [-0.05, 0) is 13.8 Å². The quantitative estimate of drug-likeness (QED) is 0.656. The molecular weight excluding hydrogens is 197 g/mol. The fourth-order valence-electron chi connectivity index (χ4n) is 1.38. The van der Waals surface area contributed by atoms with Gasteiger partial charge in [-0.15, -0.1) is 3.89 Å². The van der Waals surface area contributed by atoms with Crippen LogP contribution < -0.4 is 5.32 Å². The monoisotopic (exact) mass is 211 g/mol. The molecule has 1 unspecified atom stereocenters. The summed E-state index contributed by atoms with van der Waals surface area (Å²) in [4.78, 5) is 0. The van der Waals surface area contributed by atoms with Gasteiger partial charge in [-0.25, -0.2) is 0 Å². The Hall–Kier alpha value is -0.200. The zero-order valence-corrected chi connectivity index (χ0v) is 8.53. The summed E-state index contributed by atoms with van der Waals surface area (Å²) < 4.78 is 38.3. The Kier molecular flexibility index (Phi) is 2.94. The highest BCUT2D eigenvalue weighted by Gasteiger charge is 2.31. The van der Waals surface area contributed by atoms with E-state index in [2.05, 4.69) is 5.32 Å². The van der Waals surface area contributed by atoms with Gasteiger partial charge in [0.2, 0.25) is 0 Å². The molecule has 1 atom stereocenters. The third kappa shape index (κ3) is 4.02. The average molecular weight is 211 g/mol. The van der Waals surface area contributed by atoms with Gasteiger partial charge in [0.05, 0.1) is 11.7 Å². The van der Waals surface area contributed by atoms with Crippen molar-refractivity contribution in [2.75, 3.05) is 18.8 Å². The molecule has 0 saturated carbocycles. The van der Waals surface area contributed by atoms with Crippen LogP contribution in [0.5, 0.6) is 0 Å². The number of nitrogens with one attached hydrogen (secondary N) is 1. The number of hydrogen-bond acceptors (Lipinski definition) is 4. The smallest absolute Gasteiger partial charge is 0.305 e. The highest BCUT2D eigenvalue weighted by atomic mass is 32.3. The van der Waals surface area contributed by atoms with Crippen LogP contribution in [0.2, 0.25) is 0 Å². The van der Waals surface area contributed by atoms with Crippen LogP contribution >= 0.6 is 0 Å². The topological polar surface area (TPSA) is 55.4 Å². The number of halogens is 1. The van der Waals surface area contributed by atoms with Crippen LogP contribution in [0.1, 0.15) is 13.8 Å². The van der Waals surface area contributed by atoms with Gasteiger partial charge in [-0.3, -0.25) is 0 Å². The standard InChI is InChI=1S/C7H14FNO3S/c1-7(2)5-9-3-6(12-7)4-13(8,10)11/h6,9H,3-5H2,1-2H3. The van der Waals surface area contributed by atoms with Crippen molar-refractivity contribution in [3.8, 4) is 0 Å². The Bertz CT molecular complexity index is 275. The van der Waals surface area contributed by atoms with Crippen molar-refractivity contribution in [3.05, 3.63) is 0 Å². The van der Waals surface area contributed by atoms with E-state index in [9.17, 15) is 12.3 Å². The van der Waals surface area contributed by atoms with E-state index < -0.39 is 27.7 Å². The molecule has 13 heavy (non-hydrogen) atoms. The number of ether oxygens (including phenoxy) is 1. The number of rotatable bonds is 2. The molecule has 4 nitrogen and oxygen atoms in total. The number of morpholine rings is 1. The van der Waals surface area contributed by atoms with Gasteiger partial charge in [0.25, 0.3) is 0 Å². The first-order valence-corrected chi connectivity index (χ1v) is 5.65. The van der Waals surface area contributed by atoms with Crippen molar-refractivity contribution in [2.24, 2.45) is 0 Å². The van der Waals surface area contributed by atoms with Crippen molar-refractivity contribution in [1.29, 1.82) is 0 Å². The summed E-state index contributed by atoms with van der Waals surface area (Å²) in [5.41, 5.74) is -0.423. The molecule has 0 spiro atoms.